The van der Waals surface area contributed by atoms with Crippen LogP contribution in [0.25, 0.3) is 11.0 Å². The zero-order valence-electron chi connectivity index (χ0n) is 20.0. The fraction of sp³-hybridized carbons (Fsp3) is 0.481. The van der Waals surface area contributed by atoms with Crippen LogP contribution in [0.3, 0.4) is 0 Å². The quantitative estimate of drug-likeness (QED) is 0.295. The molecule has 0 spiro atoms. The van der Waals surface area contributed by atoms with Gasteiger partial charge in [-0.15, -0.1) is 0 Å². The maximum absolute atomic E-state index is 13.2. The van der Waals surface area contributed by atoms with Crippen LogP contribution in [0.4, 0.5) is 0 Å². The second-order valence-corrected chi connectivity index (χ2v) is 10.6. The largest absolute Gasteiger partial charge is 0.481 e. The number of imidazole rings is 1. The molecule has 6 heteroatoms. The van der Waals surface area contributed by atoms with Gasteiger partial charge < -0.3 is 9.47 Å². The summed E-state index contributed by atoms with van der Waals surface area (Å²) in [5.74, 6) is 3.07. The van der Waals surface area contributed by atoms with Gasteiger partial charge in [-0.05, 0) is 67.0 Å². The minimum Gasteiger partial charge on any atom is -0.481 e. The smallest absolute Gasteiger partial charge is 0.348 e. The lowest BCUT2D eigenvalue weighted by atomic mass is 9.75. The summed E-state index contributed by atoms with van der Waals surface area (Å²) in [5.41, 5.74) is 2.06. The number of aromatic nitrogens is 2. The Morgan fingerprint density at radius 2 is 1.88 bits per heavy atom. The molecule has 1 fully saturated rings. The molecule has 4 rings (SSSR count). The van der Waals surface area contributed by atoms with Crippen molar-refractivity contribution in [2.75, 3.05) is 0 Å². The van der Waals surface area contributed by atoms with Crippen molar-refractivity contribution in [3.63, 3.8) is 0 Å². The van der Waals surface area contributed by atoms with Crippen molar-refractivity contribution < 1.29 is 18.8 Å². The van der Waals surface area contributed by atoms with E-state index < -0.39 is 0 Å². The average Bonchev–Trinajstić information content (AvgIpc) is 3.04. The Balaban J connectivity index is 1.56. The maximum atomic E-state index is 13.2. The summed E-state index contributed by atoms with van der Waals surface area (Å²) in [6, 6.07) is 15.9. The van der Waals surface area contributed by atoms with Crippen LogP contribution in [0.15, 0.2) is 53.0 Å². The predicted molar refractivity (Wildman–Crippen MR) is 133 cm³/mol. The van der Waals surface area contributed by atoms with Crippen molar-refractivity contribution in [1.82, 2.24) is 4.57 Å². The topological polar surface area (TPSA) is 44.3 Å². The molecule has 0 bridgehead atoms. The maximum Gasteiger partial charge on any atom is 0.348 e. The average molecular weight is 514 g/mol. The van der Waals surface area contributed by atoms with Gasteiger partial charge in [0.25, 0.3) is 5.82 Å². The van der Waals surface area contributed by atoms with Gasteiger partial charge in [-0.25, -0.2) is 13.9 Å². The third-order valence-electron chi connectivity index (χ3n) is 6.95. The first kappa shape index (κ1) is 23.8. The Bertz CT molecular complexity index is 1110. The van der Waals surface area contributed by atoms with E-state index >= 15 is 0 Å². The molecule has 0 amide bonds. The molecule has 0 unspecified atom stereocenters. The Morgan fingerprint density at radius 1 is 1.15 bits per heavy atom. The number of aryl methyl sites for hydroxylation is 1. The normalized spacial score (nSPS) is 20.8. The summed E-state index contributed by atoms with van der Waals surface area (Å²) in [7, 11) is 2.02. The Labute approximate surface area is 204 Å². The van der Waals surface area contributed by atoms with Gasteiger partial charge in [-0.1, -0.05) is 55.3 Å². The van der Waals surface area contributed by atoms with Crippen molar-refractivity contribution in [2.24, 2.45) is 24.8 Å². The second kappa shape index (κ2) is 10.3. The van der Waals surface area contributed by atoms with Gasteiger partial charge in [-0.2, -0.15) is 0 Å². The highest BCUT2D eigenvalue weighted by Gasteiger charge is 2.34. The lowest BCUT2D eigenvalue weighted by molar-refractivity contribution is -0.655. The lowest BCUT2D eigenvalue weighted by Crippen LogP contribution is -2.37. The number of ether oxygens (including phenoxy) is 2. The van der Waals surface area contributed by atoms with E-state index in [9.17, 15) is 4.79 Å². The molecule has 1 aliphatic rings. The molecule has 1 heterocycles. The number of rotatable bonds is 7. The zero-order chi connectivity index (χ0) is 23.5. The number of hydrogen-bond acceptors (Lipinski definition) is 3. The molecule has 2 aromatic carbocycles. The van der Waals surface area contributed by atoms with Gasteiger partial charge in [-0.3, -0.25) is 0 Å². The molecule has 0 radical (unpaired) electrons. The number of halogens is 1. The van der Waals surface area contributed by atoms with Crippen LogP contribution in [-0.4, -0.2) is 16.6 Å². The minimum atomic E-state index is -0.175. The standard InChI is InChI=1S/C27H34BrN2O3/c1-18(2)22-14-9-19(3)15-25(22)33-27(31)16-30-24-8-6-5-7-23(24)29(4)26(30)17-32-21-12-10-20(28)11-13-21/h5-8,10-13,18-19,22,25H,9,14-17H2,1-4H3/q+1/t19-,22-,25+/m1/s1. The van der Waals surface area contributed by atoms with E-state index in [0.717, 1.165) is 39.9 Å². The van der Waals surface area contributed by atoms with Crippen LogP contribution < -0.4 is 9.30 Å². The van der Waals surface area contributed by atoms with E-state index in [2.05, 4.69) is 47.3 Å². The number of nitrogens with zero attached hydrogens (tertiary/aromatic N) is 2. The number of hydrogen-bond donors (Lipinski definition) is 0. The first-order chi connectivity index (χ1) is 15.8. The molecule has 1 saturated carbocycles. The van der Waals surface area contributed by atoms with Crippen LogP contribution in [0.5, 0.6) is 5.75 Å². The third-order valence-corrected chi connectivity index (χ3v) is 7.47. The van der Waals surface area contributed by atoms with Gasteiger partial charge >= 0.3 is 5.97 Å². The molecule has 3 atom stereocenters. The molecule has 176 valence electrons. The highest BCUT2D eigenvalue weighted by Crippen LogP contribution is 2.35. The van der Waals surface area contributed by atoms with Crippen molar-refractivity contribution in [1.29, 1.82) is 0 Å². The molecule has 5 nitrogen and oxygen atoms in total. The minimum absolute atomic E-state index is 0.000656. The number of carbonyl (C=O) groups excluding carboxylic acids is 1. The summed E-state index contributed by atoms with van der Waals surface area (Å²) in [4.78, 5) is 13.2. The molecular weight excluding hydrogens is 480 g/mol. The molecule has 0 saturated heterocycles. The van der Waals surface area contributed by atoms with Crippen molar-refractivity contribution >= 4 is 32.9 Å². The first-order valence-corrected chi connectivity index (χ1v) is 12.7. The highest BCUT2D eigenvalue weighted by atomic mass is 79.9. The Morgan fingerprint density at radius 3 is 2.61 bits per heavy atom. The summed E-state index contributed by atoms with van der Waals surface area (Å²) in [6.45, 7) is 7.26. The molecule has 1 aromatic heterocycles. The van der Waals surface area contributed by atoms with Gasteiger partial charge in [0.15, 0.2) is 24.2 Å². The molecule has 1 aliphatic carbocycles. The van der Waals surface area contributed by atoms with Crippen LogP contribution in [0.1, 0.15) is 45.9 Å². The van der Waals surface area contributed by atoms with Gasteiger partial charge in [0.05, 0.1) is 7.05 Å². The summed E-state index contributed by atoms with van der Waals surface area (Å²) >= 11 is 3.46. The number of carbonyl (C=O) groups is 1. The first-order valence-electron chi connectivity index (χ1n) is 11.9. The molecule has 0 aliphatic heterocycles. The predicted octanol–water partition coefficient (Wildman–Crippen LogP) is 5.81. The summed E-state index contributed by atoms with van der Waals surface area (Å²) in [6.07, 6.45) is 3.30. The van der Waals surface area contributed by atoms with E-state index in [-0.39, 0.29) is 18.6 Å². The number of fused-ring (bicyclic) bond motifs is 1. The van der Waals surface area contributed by atoms with E-state index in [0.29, 0.717) is 24.4 Å². The van der Waals surface area contributed by atoms with Gasteiger partial charge in [0, 0.05) is 4.47 Å². The van der Waals surface area contributed by atoms with E-state index in [1.807, 2.05) is 54.1 Å². The fourth-order valence-electron chi connectivity index (χ4n) is 5.05. The molecule has 33 heavy (non-hydrogen) atoms. The van der Waals surface area contributed by atoms with Crippen molar-refractivity contribution in [2.45, 2.75) is 59.3 Å². The summed E-state index contributed by atoms with van der Waals surface area (Å²) < 4.78 is 17.3. The van der Waals surface area contributed by atoms with Crippen LogP contribution in [-0.2, 0) is 29.7 Å². The molecule has 0 N–H and O–H groups in total. The van der Waals surface area contributed by atoms with Crippen molar-refractivity contribution in [3.8, 4) is 5.75 Å². The number of para-hydroxylation sites is 2. The van der Waals surface area contributed by atoms with Gasteiger partial charge in [0.1, 0.15) is 11.9 Å². The van der Waals surface area contributed by atoms with E-state index in [1.165, 1.54) is 6.42 Å². The fourth-order valence-corrected chi connectivity index (χ4v) is 5.31. The second-order valence-electron chi connectivity index (χ2n) is 9.65. The molecular formula is C27H34BrN2O3+. The Hall–Kier alpha value is -2.34. The number of benzene rings is 2. The van der Waals surface area contributed by atoms with E-state index in [1.54, 1.807) is 0 Å². The van der Waals surface area contributed by atoms with Crippen LogP contribution >= 0.6 is 15.9 Å². The van der Waals surface area contributed by atoms with Crippen LogP contribution in [0.2, 0.25) is 0 Å². The van der Waals surface area contributed by atoms with Crippen LogP contribution in [0, 0.1) is 17.8 Å². The number of esters is 1. The molecule has 3 aromatic rings. The highest BCUT2D eigenvalue weighted by molar-refractivity contribution is 9.10. The zero-order valence-corrected chi connectivity index (χ0v) is 21.5. The van der Waals surface area contributed by atoms with E-state index in [4.69, 9.17) is 9.47 Å². The lowest BCUT2D eigenvalue weighted by Gasteiger charge is -2.36. The Kier molecular flexibility index (Phi) is 7.42. The SMILES string of the molecule is CC(C)[C@H]1CC[C@@H](C)C[C@@H]1OC(=O)Cn1c(COc2ccc(Br)cc2)[n+](C)c2ccccc21. The monoisotopic (exact) mass is 513 g/mol. The third kappa shape index (κ3) is 5.43. The van der Waals surface area contributed by atoms with Crippen molar-refractivity contribution in [3.05, 3.63) is 58.8 Å². The van der Waals surface area contributed by atoms with Gasteiger partial charge in [0.2, 0.25) is 0 Å². The summed E-state index contributed by atoms with van der Waals surface area (Å²) in [5, 5.41) is 0.